The summed E-state index contributed by atoms with van der Waals surface area (Å²) in [7, 11) is 0. The summed E-state index contributed by atoms with van der Waals surface area (Å²) in [6.45, 7) is 3.80. The number of aromatic nitrogens is 5. The molecule has 0 saturated heterocycles. The van der Waals surface area contributed by atoms with Crippen molar-refractivity contribution >= 4 is 35.0 Å². The van der Waals surface area contributed by atoms with Crippen LogP contribution in [-0.4, -0.2) is 32.0 Å². The number of nitrogens with zero attached hydrogens (tertiary/aromatic N) is 6. The van der Waals surface area contributed by atoms with Crippen LogP contribution in [0.3, 0.4) is 0 Å². The number of amides is 1. The van der Waals surface area contributed by atoms with E-state index in [1.165, 1.54) is 11.8 Å². The van der Waals surface area contributed by atoms with E-state index < -0.39 is 12.0 Å². The zero-order chi connectivity index (χ0) is 24.7. The van der Waals surface area contributed by atoms with Crippen LogP contribution in [0.5, 0.6) is 5.88 Å². The first kappa shape index (κ1) is 23.3. The lowest BCUT2D eigenvalue weighted by molar-refractivity contribution is -0.764. The highest BCUT2D eigenvalue weighted by molar-refractivity contribution is 7.98. The maximum absolute atomic E-state index is 13.6. The quantitative estimate of drug-likeness (QED) is 0.299. The van der Waals surface area contributed by atoms with Crippen molar-refractivity contribution in [3.8, 4) is 22.8 Å². The number of rotatable bonds is 5. The van der Waals surface area contributed by atoms with E-state index >= 15 is 0 Å². The third kappa shape index (κ3) is 3.84. The molecular weight excluding hydrogens is 484 g/mol. The first-order chi connectivity index (χ1) is 17.0. The van der Waals surface area contributed by atoms with E-state index in [1.54, 1.807) is 20.5 Å². The summed E-state index contributed by atoms with van der Waals surface area (Å²) in [5.41, 5.74) is 3.56. The second-order valence-electron chi connectivity index (χ2n) is 8.14. The van der Waals surface area contributed by atoms with Crippen molar-refractivity contribution in [1.29, 1.82) is 0 Å². The van der Waals surface area contributed by atoms with E-state index in [9.17, 15) is 9.90 Å². The standard InChI is InChI=1S/C25H23ClN6O2S/c1-4-10-19(33)30-18-14-9-8-13-17(18)21-23(34)27-25(35-3)29-32(21)24(30)20-15(2)28-31(22(20)26)16-11-6-5-7-12-16/h5-9,11-14,24H,4,10H2,1-3H3. The van der Waals surface area contributed by atoms with Crippen LogP contribution in [0.25, 0.3) is 16.9 Å². The van der Waals surface area contributed by atoms with Crippen LogP contribution in [0.1, 0.15) is 37.2 Å². The van der Waals surface area contributed by atoms with Crippen molar-refractivity contribution < 1.29 is 14.6 Å². The molecule has 8 nitrogen and oxygen atoms in total. The Kier molecular flexibility index (Phi) is 6.21. The molecule has 1 amide bonds. The molecule has 0 radical (unpaired) electrons. The lowest BCUT2D eigenvalue weighted by Gasteiger charge is -2.33. The van der Waals surface area contributed by atoms with Gasteiger partial charge in [0, 0.05) is 11.5 Å². The largest absolute Gasteiger partial charge is 0.854 e. The number of anilines is 1. The van der Waals surface area contributed by atoms with Crippen LogP contribution in [0.4, 0.5) is 5.69 Å². The van der Waals surface area contributed by atoms with Crippen LogP contribution >= 0.6 is 23.4 Å². The average Bonchev–Trinajstić information content (AvgIpc) is 3.16. The number of aryl methyl sites for hydroxylation is 1. The fraction of sp³-hybridized carbons (Fsp3) is 0.240. The molecule has 5 rings (SSSR count). The number of para-hydroxylation sites is 2. The molecule has 178 valence electrons. The molecule has 0 saturated carbocycles. The van der Waals surface area contributed by atoms with Gasteiger partial charge in [-0.3, -0.25) is 4.79 Å². The predicted molar refractivity (Wildman–Crippen MR) is 133 cm³/mol. The zero-order valence-corrected chi connectivity index (χ0v) is 21.0. The fourth-order valence-corrected chi connectivity index (χ4v) is 5.14. The molecule has 3 heterocycles. The van der Waals surface area contributed by atoms with Crippen molar-refractivity contribution in [1.82, 2.24) is 19.9 Å². The number of benzene rings is 2. The van der Waals surface area contributed by atoms with Crippen molar-refractivity contribution in [3.05, 3.63) is 71.0 Å². The molecule has 1 aliphatic heterocycles. The Bertz CT molecular complexity index is 1430. The van der Waals surface area contributed by atoms with Crippen LogP contribution < -0.4 is 14.7 Å². The Morgan fingerprint density at radius 1 is 1.17 bits per heavy atom. The van der Waals surface area contributed by atoms with Gasteiger partial charge in [0.1, 0.15) is 10.7 Å². The van der Waals surface area contributed by atoms with Gasteiger partial charge >= 0.3 is 0 Å². The second kappa shape index (κ2) is 9.31. The van der Waals surface area contributed by atoms with E-state index in [1.807, 2.05) is 68.4 Å². The Morgan fingerprint density at radius 3 is 2.60 bits per heavy atom. The molecule has 2 aromatic heterocycles. The third-order valence-electron chi connectivity index (χ3n) is 5.94. The number of carbonyl (C=O) groups is 1. The van der Waals surface area contributed by atoms with Crippen molar-refractivity contribution in [2.24, 2.45) is 0 Å². The SMILES string of the molecule is CCCC(=O)N1c2ccccc2-c2c([O-])nc(SC)n[n+]2C1c1c(C)nn(-c2ccccc2)c1Cl. The molecule has 2 aromatic carbocycles. The van der Waals surface area contributed by atoms with Crippen molar-refractivity contribution in [3.63, 3.8) is 0 Å². The molecule has 0 fully saturated rings. The molecule has 0 aliphatic carbocycles. The van der Waals surface area contributed by atoms with Crippen LogP contribution in [0, 0.1) is 6.92 Å². The monoisotopic (exact) mass is 506 g/mol. The molecule has 1 unspecified atom stereocenters. The summed E-state index contributed by atoms with van der Waals surface area (Å²) in [6, 6.07) is 16.9. The van der Waals surface area contributed by atoms with E-state index in [4.69, 9.17) is 16.7 Å². The van der Waals surface area contributed by atoms with Gasteiger partial charge in [-0.05, 0) is 43.9 Å². The Labute approximate surface area is 212 Å². The maximum Gasteiger partial charge on any atom is 0.297 e. The molecular formula is C25H23ClN6O2S. The lowest BCUT2D eigenvalue weighted by atomic mass is 10.0. The minimum atomic E-state index is -0.800. The highest BCUT2D eigenvalue weighted by atomic mass is 35.5. The molecule has 0 bridgehead atoms. The fourth-order valence-electron chi connectivity index (χ4n) is 4.43. The molecule has 4 aromatic rings. The molecule has 0 N–H and O–H groups in total. The summed E-state index contributed by atoms with van der Waals surface area (Å²) in [5, 5.41) is 23.3. The van der Waals surface area contributed by atoms with Gasteiger partial charge in [-0.1, -0.05) is 65.3 Å². The number of hydrogen-bond donors (Lipinski definition) is 0. The Morgan fingerprint density at radius 2 is 1.89 bits per heavy atom. The lowest BCUT2D eigenvalue weighted by Crippen LogP contribution is -2.59. The van der Waals surface area contributed by atoms with Gasteiger partial charge in [-0.2, -0.15) is 5.10 Å². The Balaban J connectivity index is 1.83. The van der Waals surface area contributed by atoms with Crippen LogP contribution in [0.2, 0.25) is 5.15 Å². The maximum atomic E-state index is 13.6. The van der Waals surface area contributed by atoms with Gasteiger partial charge < -0.3 is 5.11 Å². The highest BCUT2D eigenvalue weighted by Crippen LogP contribution is 2.43. The van der Waals surface area contributed by atoms with E-state index in [-0.39, 0.29) is 5.91 Å². The summed E-state index contributed by atoms with van der Waals surface area (Å²) < 4.78 is 3.23. The first-order valence-electron chi connectivity index (χ1n) is 11.2. The molecule has 0 spiro atoms. The average molecular weight is 507 g/mol. The van der Waals surface area contributed by atoms with Gasteiger partial charge in [0.2, 0.25) is 5.91 Å². The van der Waals surface area contributed by atoms with Crippen molar-refractivity contribution in [2.75, 3.05) is 11.2 Å². The predicted octanol–water partition coefficient (Wildman–Crippen LogP) is 4.07. The topological polar surface area (TPSA) is 90.8 Å². The summed E-state index contributed by atoms with van der Waals surface area (Å²) in [5.74, 6) is -0.503. The summed E-state index contributed by atoms with van der Waals surface area (Å²) in [6.07, 6.45) is 2.00. The van der Waals surface area contributed by atoms with Gasteiger partial charge in [-0.15, -0.1) is 0 Å². The summed E-state index contributed by atoms with van der Waals surface area (Å²) >= 11 is 8.24. The number of halogens is 1. The molecule has 35 heavy (non-hydrogen) atoms. The number of fused-ring (bicyclic) bond motifs is 3. The van der Waals surface area contributed by atoms with Gasteiger partial charge in [0.05, 0.1) is 28.5 Å². The normalized spacial score (nSPS) is 14.5. The number of thioether (sulfide) groups is 1. The minimum absolute atomic E-state index is 0.0946. The number of hydrogen-bond acceptors (Lipinski definition) is 6. The number of carbonyl (C=O) groups excluding carboxylic acids is 1. The van der Waals surface area contributed by atoms with Gasteiger partial charge in [0.15, 0.2) is 0 Å². The molecule has 1 atom stereocenters. The minimum Gasteiger partial charge on any atom is -0.854 e. The first-order valence-corrected chi connectivity index (χ1v) is 12.8. The van der Waals surface area contributed by atoms with E-state index in [0.717, 1.165) is 5.69 Å². The Hall–Kier alpha value is -3.43. The summed E-state index contributed by atoms with van der Waals surface area (Å²) in [4.78, 5) is 19.5. The molecule has 1 aliphatic rings. The van der Waals surface area contributed by atoms with E-state index in [2.05, 4.69) is 10.1 Å². The van der Waals surface area contributed by atoms with Gasteiger partial charge in [-0.25, -0.2) is 14.6 Å². The third-order valence-corrected chi connectivity index (χ3v) is 6.84. The highest BCUT2D eigenvalue weighted by Gasteiger charge is 2.47. The van der Waals surface area contributed by atoms with E-state index in [0.29, 0.717) is 51.4 Å². The van der Waals surface area contributed by atoms with Crippen LogP contribution in [-0.2, 0) is 4.79 Å². The van der Waals surface area contributed by atoms with Crippen molar-refractivity contribution in [2.45, 2.75) is 38.0 Å². The molecule has 10 heteroatoms. The smallest absolute Gasteiger partial charge is 0.297 e. The van der Waals surface area contributed by atoms with Gasteiger partial charge in [0.25, 0.3) is 17.0 Å². The zero-order valence-electron chi connectivity index (χ0n) is 19.5. The second-order valence-corrected chi connectivity index (χ2v) is 9.27. The van der Waals surface area contributed by atoms with Crippen LogP contribution in [0.15, 0.2) is 59.8 Å².